The molecule has 3 heteroatoms. The van der Waals surface area contributed by atoms with Gasteiger partial charge in [-0.05, 0) is 25.0 Å². The summed E-state index contributed by atoms with van der Waals surface area (Å²) in [5.41, 5.74) is 6.57. The van der Waals surface area contributed by atoms with E-state index in [0.717, 1.165) is 16.8 Å². The van der Waals surface area contributed by atoms with E-state index in [9.17, 15) is 4.79 Å². The number of hydrazone groups is 1. The molecule has 0 saturated heterocycles. The Morgan fingerprint density at radius 2 is 1.85 bits per heavy atom. The second kappa shape index (κ2) is 6.66. The number of nitrogens with zero attached hydrogens (tertiary/aromatic N) is 1. The number of carbonyl (C=O) groups is 1. The van der Waals surface area contributed by atoms with E-state index < -0.39 is 0 Å². The Labute approximate surface area is 119 Å². The number of rotatable bonds is 4. The van der Waals surface area contributed by atoms with E-state index in [1.165, 1.54) is 5.56 Å². The molecule has 0 bridgehead atoms. The summed E-state index contributed by atoms with van der Waals surface area (Å²) in [6, 6.07) is 17.7. The van der Waals surface area contributed by atoms with Crippen LogP contribution in [0.1, 0.15) is 23.6 Å². The Morgan fingerprint density at radius 1 is 1.10 bits per heavy atom. The van der Waals surface area contributed by atoms with Crippen LogP contribution >= 0.6 is 0 Å². The van der Waals surface area contributed by atoms with Crippen LogP contribution in [0.2, 0.25) is 0 Å². The summed E-state index contributed by atoms with van der Waals surface area (Å²) in [4.78, 5) is 11.8. The maximum atomic E-state index is 11.8. The monoisotopic (exact) mass is 266 g/mol. The fraction of sp³-hybridized carbons (Fsp3) is 0.176. The van der Waals surface area contributed by atoms with Crippen molar-refractivity contribution < 1.29 is 4.79 Å². The lowest BCUT2D eigenvalue weighted by Gasteiger charge is -2.04. The number of benzene rings is 2. The molecule has 0 aliphatic rings. The van der Waals surface area contributed by atoms with Crippen LogP contribution < -0.4 is 5.43 Å². The second-order valence-electron chi connectivity index (χ2n) is 4.76. The molecule has 0 saturated carbocycles. The van der Waals surface area contributed by atoms with Crippen molar-refractivity contribution in [3.63, 3.8) is 0 Å². The third kappa shape index (κ3) is 4.05. The normalized spacial score (nSPS) is 11.2. The highest BCUT2D eigenvalue weighted by Crippen LogP contribution is 2.05. The molecular weight excluding hydrogens is 248 g/mol. The fourth-order valence-electron chi connectivity index (χ4n) is 1.90. The number of aryl methyl sites for hydroxylation is 1. The first-order valence-corrected chi connectivity index (χ1v) is 6.59. The predicted molar refractivity (Wildman–Crippen MR) is 81.7 cm³/mol. The molecule has 0 fully saturated rings. The third-order valence-electron chi connectivity index (χ3n) is 2.99. The molecule has 0 unspecified atom stereocenters. The van der Waals surface area contributed by atoms with Gasteiger partial charge in [-0.2, -0.15) is 5.10 Å². The fourth-order valence-corrected chi connectivity index (χ4v) is 1.90. The first-order valence-electron chi connectivity index (χ1n) is 6.59. The van der Waals surface area contributed by atoms with Gasteiger partial charge in [0.1, 0.15) is 0 Å². The van der Waals surface area contributed by atoms with E-state index in [0.29, 0.717) is 6.42 Å². The van der Waals surface area contributed by atoms with Gasteiger partial charge in [0.25, 0.3) is 0 Å². The molecule has 1 amide bonds. The van der Waals surface area contributed by atoms with Crippen LogP contribution in [-0.4, -0.2) is 11.6 Å². The molecule has 20 heavy (non-hydrogen) atoms. The summed E-state index contributed by atoms with van der Waals surface area (Å²) in [6.45, 7) is 3.92. The second-order valence-corrected chi connectivity index (χ2v) is 4.76. The molecule has 0 atom stereocenters. The van der Waals surface area contributed by atoms with Crippen molar-refractivity contribution in [2.45, 2.75) is 20.3 Å². The first kappa shape index (κ1) is 14.0. The largest absolute Gasteiger partial charge is 0.273 e. The van der Waals surface area contributed by atoms with Crippen molar-refractivity contribution in [1.29, 1.82) is 0 Å². The van der Waals surface area contributed by atoms with Gasteiger partial charge in [-0.3, -0.25) is 4.79 Å². The number of amides is 1. The van der Waals surface area contributed by atoms with Crippen LogP contribution in [0.25, 0.3) is 0 Å². The molecule has 0 heterocycles. The van der Waals surface area contributed by atoms with E-state index in [4.69, 9.17) is 0 Å². The molecule has 3 nitrogen and oxygen atoms in total. The van der Waals surface area contributed by atoms with Crippen LogP contribution in [0.5, 0.6) is 0 Å². The number of hydrogen-bond acceptors (Lipinski definition) is 2. The van der Waals surface area contributed by atoms with Gasteiger partial charge in [0.05, 0.1) is 12.1 Å². The average molecular weight is 266 g/mol. The summed E-state index contributed by atoms with van der Waals surface area (Å²) < 4.78 is 0. The van der Waals surface area contributed by atoms with Gasteiger partial charge in [0, 0.05) is 0 Å². The van der Waals surface area contributed by atoms with E-state index in [1.807, 2.05) is 68.4 Å². The van der Waals surface area contributed by atoms with Crippen LogP contribution in [0.3, 0.4) is 0 Å². The molecule has 0 aliphatic heterocycles. The zero-order valence-corrected chi connectivity index (χ0v) is 11.8. The summed E-state index contributed by atoms with van der Waals surface area (Å²) in [7, 11) is 0. The van der Waals surface area contributed by atoms with Crippen molar-refractivity contribution in [2.24, 2.45) is 5.10 Å². The molecule has 0 radical (unpaired) electrons. The molecule has 2 aromatic rings. The van der Waals surface area contributed by atoms with Crippen molar-refractivity contribution in [3.05, 3.63) is 71.3 Å². The van der Waals surface area contributed by atoms with Crippen molar-refractivity contribution >= 4 is 11.6 Å². The Balaban J connectivity index is 1.97. The first-order chi connectivity index (χ1) is 9.65. The Hall–Kier alpha value is -2.42. The Kier molecular flexibility index (Phi) is 4.66. The van der Waals surface area contributed by atoms with E-state index in [-0.39, 0.29) is 5.91 Å². The predicted octanol–water partition coefficient (Wildman–Crippen LogP) is 3.08. The lowest BCUT2D eigenvalue weighted by Crippen LogP contribution is -2.21. The quantitative estimate of drug-likeness (QED) is 0.670. The van der Waals surface area contributed by atoms with Gasteiger partial charge in [-0.15, -0.1) is 0 Å². The third-order valence-corrected chi connectivity index (χ3v) is 2.99. The number of hydrogen-bond donors (Lipinski definition) is 1. The van der Waals surface area contributed by atoms with Gasteiger partial charge in [-0.1, -0.05) is 60.2 Å². The Bertz CT molecular complexity index is 618. The van der Waals surface area contributed by atoms with Gasteiger partial charge < -0.3 is 0 Å². The molecule has 2 aromatic carbocycles. The van der Waals surface area contributed by atoms with Crippen LogP contribution in [0, 0.1) is 6.92 Å². The number of nitrogens with one attached hydrogen (secondary N) is 1. The van der Waals surface area contributed by atoms with Crippen LogP contribution in [-0.2, 0) is 11.2 Å². The topological polar surface area (TPSA) is 41.5 Å². The van der Waals surface area contributed by atoms with Gasteiger partial charge in [-0.25, -0.2) is 5.43 Å². The molecule has 1 N–H and O–H groups in total. The standard InChI is InChI=1S/C17H18N2O/c1-13-7-6-10-16(11-13)14(2)18-19-17(20)12-15-8-4-3-5-9-15/h3-11H,12H2,1-2H3,(H,19,20)/b18-14+. The summed E-state index contributed by atoms with van der Waals surface area (Å²) in [5.74, 6) is -0.108. The minimum atomic E-state index is -0.108. The van der Waals surface area contributed by atoms with E-state index in [2.05, 4.69) is 10.5 Å². The van der Waals surface area contributed by atoms with E-state index >= 15 is 0 Å². The number of carbonyl (C=O) groups excluding carboxylic acids is 1. The molecule has 0 aromatic heterocycles. The molecule has 2 rings (SSSR count). The molecule has 0 aliphatic carbocycles. The smallest absolute Gasteiger partial charge is 0.244 e. The lowest BCUT2D eigenvalue weighted by atomic mass is 10.1. The van der Waals surface area contributed by atoms with Crippen molar-refractivity contribution in [1.82, 2.24) is 5.43 Å². The van der Waals surface area contributed by atoms with Gasteiger partial charge >= 0.3 is 0 Å². The Morgan fingerprint density at radius 3 is 2.55 bits per heavy atom. The van der Waals surface area contributed by atoms with Gasteiger partial charge in [0.2, 0.25) is 5.91 Å². The molecular formula is C17H18N2O. The maximum absolute atomic E-state index is 11.8. The zero-order valence-electron chi connectivity index (χ0n) is 11.8. The lowest BCUT2D eigenvalue weighted by molar-refractivity contribution is -0.120. The zero-order chi connectivity index (χ0) is 14.4. The van der Waals surface area contributed by atoms with Crippen LogP contribution in [0.4, 0.5) is 0 Å². The van der Waals surface area contributed by atoms with E-state index in [1.54, 1.807) is 0 Å². The molecule has 0 spiro atoms. The highest BCUT2D eigenvalue weighted by atomic mass is 16.2. The average Bonchev–Trinajstić information content (AvgIpc) is 2.46. The van der Waals surface area contributed by atoms with Crippen LogP contribution in [0.15, 0.2) is 59.7 Å². The SMILES string of the molecule is C/C(=N\NC(=O)Cc1ccccc1)c1cccc(C)c1. The van der Waals surface area contributed by atoms with Crippen molar-refractivity contribution in [2.75, 3.05) is 0 Å². The summed E-state index contributed by atoms with van der Waals surface area (Å²) in [6.07, 6.45) is 0.339. The van der Waals surface area contributed by atoms with Gasteiger partial charge in [0.15, 0.2) is 0 Å². The summed E-state index contributed by atoms with van der Waals surface area (Å²) in [5, 5.41) is 4.15. The molecule has 102 valence electrons. The minimum absolute atomic E-state index is 0.108. The summed E-state index contributed by atoms with van der Waals surface area (Å²) >= 11 is 0. The van der Waals surface area contributed by atoms with Crippen molar-refractivity contribution in [3.8, 4) is 0 Å². The highest BCUT2D eigenvalue weighted by Gasteiger charge is 2.02. The highest BCUT2D eigenvalue weighted by molar-refractivity contribution is 5.99. The minimum Gasteiger partial charge on any atom is -0.273 e. The maximum Gasteiger partial charge on any atom is 0.244 e.